The van der Waals surface area contributed by atoms with E-state index in [0.717, 1.165) is 16.7 Å². The van der Waals surface area contributed by atoms with E-state index in [1.165, 1.54) is 0 Å². The molecule has 0 aliphatic heterocycles. The lowest BCUT2D eigenvalue weighted by Crippen LogP contribution is -2.34. The van der Waals surface area contributed by atoms with E-state index in [1.807, 2.05) is 68.4 Å². The molecular formula is C19H23NO2S. The van der Waals surface area contributed by atoms with Crippen molar-refractivity contribution in [2.75, 3.05) is 18.8 Å². The standard InChI is InChI=1S/C19H23NO2S/c1-3-20(4-2)19(21)15-23(22)14-17-12-8-9-13-18(17)16-10-6-5-7-11-16/h5-13H,3-4,14-15H2,1-2H3/t23-/m1/s1. The highest BCUT2D eigenvalue weighted by Crippen LogP contribution is 2.24. The Labute approximate surface area is 140 Å². The minimum Gasteiger partial charge on any atom is -0.342 e. The van der Waals surface area contributed by atoms with Crippen molar-refractivity contribution < 1.29 is 9.00 Å². The SMILES string of the molecule is CCN(CC)C(=O)C[S@](=O)Cc1ccccc1-c1ccccc1. The van der Waals surface area contributed by atoms with Gasteiger partial charge in [0.1, 0.15) is 5.75 Å². The number of hydrogen-bond acceptors (Lipinski definition) is 2. The molecule has 4 heteroatoms. The molecule has 0 fully saturated rings. The Bertz CT molecular complexity index is 666. The minimum atomic E-state index is -1.20. The van der Waals surface area contributed by atoms with Crippen molar-refractivity contribution in [3.63, 3.8) is 0 Å². The molecule has 1 atom stereocenters. The van der Waals surface area contributed by atoms with Crippen LogP contribution in [0.2, 0.25) is 0 Å². The van der Waals surface area contributed by atoms with Crippen LogP contribution in [0.15, 0.2) is 54.6 Å². The van der Waals surface area contributed by atoms with Gasteiger partial charge in [-0.1, -0.05) is 54.6 Å². The Balaban J connectivity index is 2.12. The van der Waals surface area contributed by atoms with Gasteiger partial charge in [-0.3, -0.25) is 9.00 Å². The van der Waals surface area contributed by atoms with Crippen molar-refractivity contribution in [1.29, 1.82) is 0 Å². The van der Waals surface area contributed by atoms with Crippen molar-refractivity contribution >= 4 is 16.7 Å². The average Bonchev–Trinajstić information content (AvgIpc) is 2.57. The maximum absolute atomic E-state index is 12.4. The van der Waals surface area contributed by atoms with Gasteiger partial charge < -0.3 is 4.90 Å². The van der Waals surface area contributed by atoms with Gasteiger partial charge in [-0.05, 0) is 30.5 Å². The number of amides is 1. The average molecular weight is 329 g/mol. The van der Waals surface area contributed by atoms with Crippen molar-refractivity contribution in [1.82, 2.24) is 4.90 Å². The summed E-state index contributed by atoms with van der Waals surface area (Å²) in [6, 6.07) is 18.0. The van der Waals surface area contributed by atoms with Gasteiger partial charge in [-0.25, -0.2) is 0 Å². The zero-order valence-corrected chi connectivity index (χ0v) is 14.5. The zero-order chi connectivity index (χ0) is 16.7. The van der Waals surface area contributed by atoms with Crippen molar-refractivity contribution in [2.45, 2.75) is 19.6 Å². The molecule has 2 aromatic rings. The highest BCUT2D eigenvalue weighted by Gasteiger charge is 2.15. The van der Waals surface area contributed by atoms with Crippen LogP contribution < -0.4 is 0 Å². The van der Waals surface area contributed by atoms with Gasteiger partial charge in [0, 0.05) is 29.6 Å². The fourth-order valence-corrected chi connectivity index (χ4v) is 3.73. The summed E-state index contributed by atoms with van der Waals surface area (Å²) in [6.07, 6.45) is 0. The smallest absolute Gasteiger partial charge is 0.235 e. The first-order valence-electron chi connectivity index (χ1n) is 7.91. The molecule has 3 nitrogen and oxygen atoms in total. The predicted molar refractivity (Wildman–Crippen MR) is 96.5 cm³/mol. The molecule has 0 N–H and O–H groups in total. The molecule has 0 unspecified atom stereocenters. The first kappa shape index (κ1) is 17.4. The Morgan fingerprint density at radius 2 is 1.57 bits per heavy atom. The van der Waals surface area contributed by atoms with E-state index in [9.17, 15) is 9.00 Å². The third-order valence-corrected chi connectivity index (χ3v) is 5.02. The normalized spacial score (nSPS) is 11.9. The van der Waals surface area contributed by atoms with Crippen LogP contribution in [0.3, 0.4) is 0 Å². The van der Waals surface area contributed by atoms with Gasteiger partial charge in [0.15, 0.2) is 0 Å². The Morgan fingerprint density at radius 3 is 2.22 bits per heavy atom. The van der Waals surface area contributed by atoms with E-state index in [-0.39, 0.29) is 11.7 Å². The second-order valence-corrected chi connectivity index (χ2v) is 6.77. The van der Waals surface area contributed by atoms with Crippen LogP contribution in [-0.4, -0.2) is 33.9 Å². The summed E-state index contributed by atoms with van der Waals surface area (Å²) in [4.78, 5) is 13.8. The summed E-state index contributed by atoms with van der Waals surface area (Å²) in [5.41, 5.74) is 3.20. The van der Waals surface area contributed by atoms with Crippen LogP contribution in [-0.2, 0) is 21.3 Å². The molecule has 122 valence electrons. The van der Waals surface area contributed by atoms with Crippen molar-refractivity contribution in [2.24, 2.45) is 0 Å². The third kappa shape index (κ3) is 4.76. The highest BCUT2D eigenvalue weighted by molar-refractivity contribution is 7.84. The predicted octanol–water partition coefficient (Wildman–Crippen LogP) is 3.47. The topological polar surface area (TPSA) is 37.4 Å². The largest absolute Gasteiger partial charge is 0.342 e. The lowest BCUT2D eigenvalue weighted by molar-refractivity contribution is -0.128. The Kier molecular flexibility index (Phi) is 6.53. The maximum Gasteiger partial charge on any atom is 0.235 e. The second-order valence-electron chi connectivity index (χ2n) is 5.32. The van der Waals surface area contributed by atoms with Gasteiger partial charge in [0.05, 0.1) is 0 Å². The Morgan fingerprint density at radius 1 is 0.957 bits per heavy atom. The molecule has 2 aromatic carbocycles. The van der Waals surface area contributed by atoms with Crippen LogP contribution in [0.4, 0.5) is 0 Å². The number of rotatable bonds is 7. The molecule has 0 heterocycles. The molecule has 23 heavy (non-hydrogen) atoms. The van der Waals surface area contributed by atoms with Gasteiger partial charge in [-0.15, -0.1) is 0 Å². The lowest BCUT2D eigenvalue weighted by Gasteiger charge is -2.18. The van der Waals surface area contributed by atoms with E-state index in [0.29, 0.717) is 18.8 Å². The molecule has 0 spiro atoms. The highest BCUT2D eigenvalue weighted by atomic mass is 32.2. The van der Waals surface area contributed by atoms with Crippen molar-refractivity contribution in [3.8, 4) is 11.1 Å². The fourth-order valence-electron chi connectivity index (χ4n) is 2.58. The lowest BCUT2D eigenvalue weighted by atomic mass is 10.0. The molecule has 2 rings (SSSR count). The summed E-state index contributed by atoms with van der Waals surface area (Å²) in [6.45, 7) is 5.20. The van der Waals surface area contributed by atoms with E-state index < -0.39 is 10.8 Å². The van der Waals surface area contributed by atoms with Gasteiger partial charge in [-0.2, -0.15) is 0 Å². The summed E-state index contributed by atoms with van der Waals surface area (Å²) in [5.74, 6) is 0.452. The first-order valence-corrected chi connectivity index (χ1v) is 9.40. The third-order valence-electron chi connectivity index (χ3n) is 3.82. The second kappa shape index (κ2) is 8.63. The van der Waals surface area contributed by atoms with Crippen LogP contribution in [0.1, 0.15) is 19.4 Å². The zero-order valence-electron chi connectivity index (χ0n) is 13.7. The van der Waals surface area contributed by atoms with Crippen LogP contribution in [0.25, 0.3) is 11.1 Å². The monoisotopic (exact) mass is 329 g/mol. The van der Waals surface area contributed by atoms with Crippen LogP contribution in [0.5, 0.6) is 0 Å². The molecule has 0 saturated heterocycles. The van der Waals surface area contributed by atoms with Gasteiger partial charge >= 0.3 is 0 Å². The summed E-state index contributed by atoms with van der Waals surface area (Å²) < 4.78 is 12.4. The molecule has 0 radical (unpaired) electrons. The molecule has 0 aliphatic carbocycles. The molecular weight excluding hydrogens is 306 g/mol. The van der Waals surface area contributed by atoms with Gasteiger partial charge in [0.2, 0.25) is 5.91 Å². The van der Waals surface area contributed by atoms with Gasteiger partial charge in [0.25, 0.3) is 0 Å². The number of carbonyl (C=O) groups is 1. The minimum absolute atomic E-state index is 0.0366. The maximum atomic E-state index is 12.4. The van der Waals surface area contributed by atoms with Crippen molar-refractivity contribution in [3.05, 3.63) is 60.2 Å². The van der Waals surface area contributed by atoms with E-state index >= 15 is 0 Å². The summed E-state index contributed by atoms with van der Waals surface area (Å²) in [7, 11) is -1.20. The number of nitrogens with zero attached hydrogens (tertiary/aromatic N) is 1. The quantitative estimate of drug-likeness (QED) is 0.780. The number of benzene rings is 2. The van der Waals surface area contributed by atoms with Crippen LogP contribution >= 0.6 is 0 Å². The van der Waals surface area contributed by atoms with Crippen LogP contribution in [0, 0.1) is 0 Å². The summed E-state index contributed by atoms with van der Waals surface area (Å²) >= 11 is 0. The molecule has 0 saturated carbocycles. The summed E-state index contributed by atoms with van der Waals surface area (Å²) in [5, 5.41) is 0. The fraction of sp³-hybridized carbons (Fsp3) is 0.316. The molecule has 0 aliphatic rings. The number of carbonyl (C=O) groups excluding carboxylic acids is 1. The van der Waals surface area contributed by atoms with E-state index in [2.05, 4.69) is 0 Å². The number of hydrogen-bond donors (Lipinski definition) is 0. The molecule has 1 amide bonds. The first-order chi connectivity index (χ1) is 11.2. The van der Waals surface area contributed by atoms with E-state index in [4.69, 9.17) is 0 Å². The molecule has 0 aromatic heterocycles. The van der Waals surface area contributed by atoms with E-state index in [1.54, 1.807) is 4.90 Å². The Hall–Kier alpha value is -1.94. The molecule has 0 bridgehead atoms.